The van der Waals surface area contributed by atoms with Crippen LogP contribution in [0.3, 0.4) is 0 Å². The van der Waals surface area contributed by atoms with Gasteiger partial charge in [-0.1, -0.05) is 76.6 Å². The van der Waals surface area contributed by atoms with E-state index in [1.54, 1.807) is 0 Å². The van der Waals surface area contributed by atoms with Crippen LogP contribution in [-0.4, -0.2) is 15.0 Å². The van der Waals surface area contributed by atoms with Crippen LogP contribution in [0.5, 0.6) is 0 Å². The average molecular weight is 402 g/mol. The highest BCUT2D eigenvalue weighted by molar-refractivity contribution is 5.63. The van der Waals surface area contributed by atoms with Crippen molar-refractivity contribution in [1.29, 1.82) is 0 Å². The average Bonchev–Trinajstić information content (AvgIpc) is 2.80. The largest absolute Gasteiger partial charge is 0.255 e. The minimum Gasteiger partial charge on any atom is -0.255 e. The van der Waals surface area contributed by atoms with Crippen molar-refractivity contribution in [2.45, 2.75) is 78.1 Å². The molecule has 0 aliphatic heterocycles. The summed E-state index contributed by atoms with van der Waals surface area (Å²) >= 11 is 0. The molecule has 2 heterocycles. The van der Waals surface area contributed by atoms with Gasteiger partial charge in [0.05, 0.1) is 5.69 Å². The highest BCUT2D eigenvalue weighted by Gasteiger charge is 2.05. The van der Waals surface area contributed by atoms with E-state index in [0.29, 0.717) is 0 Å². The maximum absolute atomic E-state index is 4.65. The number of rotatable bonds is 12. The van der Waals surface area contributed by atoms with Crippen LogP contribution in [0.4, 0.5) is 0 Å². The van der Waals surface area contributed by atoms with Crippen LogP contribution in [0.15, 0.2) is 55.0 Å². The summed E-state index contributed by atoms with van der Waals surface area (Å²) in [5.74, 6) is 0.742. The third-order valence-electron chi connectivity index (χ3n) is 5.61. The molecule has 0 bridgehead atoms. The maximum atomic E-state index is 4.65. The molecule has 158 valence electrons. The Balaban J connectivity index is 1.56. The molecule has 0 aliphatic carbocycles. The van der Waals surface area contributed by atoms with Gasteiger partial charge in [-0.25, -0.2) is 9.97 Å². The van der Waals surface area contributed by atoms with Crippen molar-refractivity contribution in [3.63, 3.8) is 0 Å². The van der Waals surface area contributed by atoms with E-state index in [4.69, 9.17) is 0 Å². The molecule has 0 radical (unpaired) electrons. The molecule has 3 aromatic rings. The molecule has 0 saturated heterocycles. The Morgan fingerprint density at radius 1 is 0.533 bits per heavy atom. The lowest BCUT2D eigenvalue weighted by Gasteiger charge is -2.06. The molecule has 0 spiro atoms. The topological polar surface area (TPSA) is 38.7 Å². The van der Waals surface area contributed by atoms with Crippen LogP contribution in [-0.2, 0) is 12.8 Å². The summed E-state index contributed by atoms with van der Waals surface area (Å²) in [5, 5.41) is 0. The van der Waals surface area contributed by atoms with Gasteiger partial charge in [0, 0.05) is 29.7 Å². The molecular weight excluding hydrogens is 366 g/mol. The minimum absolute atomic E-state index is 0.742. The summed E-state index contributed by atoms with van der Waals surface area (Å²) in [4.78, 5) is 13.7. The van der Waals surface area contributed by atoms with E-state index < -0.39 is 0 Å². The Kier molecular flexibility index (Phi) is 9.02. The molecule has 1 aromatic carbocycles. The van der Waals surface area contributed by atoms with Gasteiger partial charge in [0.1, 0.15) is 0 Å². The lowest BCUT2D eigenvalue weighted by Crippen LogP contribution is -1.94. The fourth-order valence-corrected chi connectivity index (χ4v) is 3.68. The highest BCUT2D eigenvalue weighted by atomic mass is 14.9. The van der Waals surface area contributed by atoms with Gasteiger partial charge in [-0.15, -0.1) is 0 Å². The van der Waals surface area contributed by atoms with E-state index >= 15 is 0 Å². The van der Waals surface area contributed by atoms with Crippen molar-refractivity contribution in [2.24, 2.45) is 0 Å². The zero-order valence-corrected chi connectivity index (χ0v) is 18.6. The van der Waals surface area contributed by atoms with E-state index in [2.05, 4.69) is 65.2 Å². The van der Waals surface area contributed by atoms with Crippen molar-refractivity contribution in [3.8, 4) is 22.6 Å². The van der Waals surface area contributed by atoms with Gasteiger partial charge < -0.3 is 0 Å². The second kappa shape index (κ2) is 12.2. The number of hydrogen-bond donors (Lipinski definition) is 0. The summed E-state index contributed by atoms with van der Waals surface area (Å²) in [7, 11) is 0. The Labute approximate surface area is 182 Å². The lowest BCUT2D eigenvalue weighted by molar-refractivity contribution is 0.632. The maximum Gasteiger partial charge on any atom is 0.160 e. The van der Waals surface area contributed by atoms with E-state index in [1.165, 1.54) is 68.9 Å². The molecule has 3 nitrogen and oxygen atoms in total. The van der Waals surface area contributed by atoms with Crippen molar-refractivity contribution < 1.29 is 0 Å². The molecule has 0 fully saturated rings. The number of aryl methyl sites for hydroxylation is 2. The first kappa shape index (κ1) is 22.1. The molecule has 0 aliphatic rings. The van der Waals surface area contributed by atoms with Gasteiger partial charge in [-0.2, -0.15) is 0 Å². The number of pyridine rings is 1. The molecule has 2 aromatic heterocycles. The molecule has 0 saturated carbocycles. The SMILES string of the molecule is CCCCCCCc1ccc(-c2ccc(-c3ncc(CCCCC)cn3)cn2)cc1. The number of aromatic nitrogens is 3. The van der Waals surface area contributed by atoms with Crippen LogP contribution in [0.1, 0.15) is 76.3 Å². The summed E-state index contributed by atoms with van der Waals surface area (Å²) < 4.78 is 0. The van der Waals surface area contributed by atoms with Gasteiger partial charge in [0.2, 0.25) is 0 Å². The number of unbranched alkanes of at least 4 members (excludes halogenated alkanes) is 6. The summed E-state index contributed by atoms with van der Waals surface area (Å²) in [6.45, 7) is 4.48. The molecule has 0 unspecified atom stereocenters. The predicted molar refractivity (Wildman–Crippen MR) is 126 cm³/mol. The summed E-state index contributed by atoms with van der Waals surface area (Å²) in [6.07, 6.45) is 18.3. The van der Waals surface area contributed by atoms with E-state index in [0.717, 1.165) is 29.1 Å². The Bertz CT molecular complexity index is 852. The molecular formula is C27H35N3. The van der Waals surface area contributed by atoms with E-state index in [-0.39, 0.29) is 0 Å². The van der Waals surface area contributed by atoms with Crippen LogP contribution >= 0.6 is 0 Å². The van der Waals surface area contributed by atoms with Crippen LogP contribution < -0.4 is 0 Å². The molecule has 3 rings (SSSR count). The van der Waals surface area contributed by atoms with E-state index in [9.17, 15) is 0 Å². The monoisotopic (exact) mass is 401 g/mol. The van der Waals surface area contributed by atoms with Gasteiger partial charge in [-0.3, -0.25) is 4.98 Å². The van der Waals surface area contributed by atoms with E-state index in [1.807, 2.05) is 18.6 Å². The van der Waals surface area contributed by atoms with Crippen molar-refractivity contribution >= 4 is 0 Å². The van der Waals surface area contributed by atoms with Gasteiger partial charge in [0.25, 0.3) is 0 Å². The third-order valence-corrected chi connectivity index (χ3v) is 5.61. The first-order valence-electron chi connectivity index (χ1n) is 11.7. The Morgan fingerprint density at radius 3 is 1.80 bits per heavy atom. The molecule has 0 atom stereocenters. The number of hydrogen-bond acceptors (Lipinski definition) is 3. The molecule has 30 heavy (non-hydrogen) atoms. The third kappa shape index (κ3) is 6.76. The predicted octanol–water partition coefficient (Wildman–Crippen LogP) is 7.45. The van der Waals surface area contributed by atoms with Gasteiger partial charge in [-0.05, 0) is 48.9 Å². The Morgan fingerprint density at radius 2 is 1.13 bits per heavy atom. The van der Waals surface area contributed by atoms with Crippen LogP contribution in [0.2, 0.25) is 0 Å². The second-order valence-corrected chi connectivity index (χ2v) is 8.17. The zero-order chi connectivity index (χ0) is 21.0. The van der Waals surface area contributed by atoms with Crippen molar-refractivity contribution in [1.82, 2.24) is 15.0 Å². The fourth-order valence-electron chi connectivity index (χ4n) is 3.68. The highest BCUT2D eigenvalue weighted by Crippen LogP contribution is 2.22. The van der Waals surface area contributed by atoms with Crippen molar-refractivity contribution in [2.75, 3.05) is 0 Å². The summed E-state index contributed by atoms with van der Waals surface area (Å²) in [5.41, 5.74) is 5.73. The van der Waals surface area contributed by atoms with Crippen LogP contribution in [0.25, 0.3) is 22.6 Å². The first-order valence-corrected chi connectivity index (χ1v) is 11.7. The lowest BCUT2D eigenvalue weighted by atomic mass is 10.0. The zero-order valence-electron chi connectivity index (χ0n) is 18.6. The quantitative estimate of drug-likeness (QED) is 0.296. The standard InChI is InChI=1S/C27H35N3/c1-3-5-7-8-10-11-22-13-15-24(16-14-22)26-18-17-25(21-28-26)27-29-19-23(20-30-27)12-9-6-4-2/h13-21H,3-12H2,1-2H3. The first-order chi connectivity index (χ1) is 14.8. The van der Waals surface area contributed by atoms with Gasteiger partial charge >= 0.3 is 0 Å². The smallest absolute Gasteiger partial charge is 0.160 e. The summed E-state index contributed by atoms with van der Waals surface area (Å²) in [6, 6.07) is 13.0. The van der Waals surface area contributed by atoms with Crippen LogP contribution in [0, 0.1) is 0 Å². The molecule has 3 heteroatoms. The molecule has 0 N–H and O–H groups in total. The Hall–Kier alpha value is -2.55. The van der Waals surface area contributed by atoms with Gasteiger partial charge in [0.15, 0.2) is 5.82 Å². The number of benzene rings is 1. The van der Waals surface area contributed by atoms with Crippen molar-refractivity contribution in [3.05, 3.63) is 66.1 Å². The fraction of sp³-hybridized carbons (Fsp3) is 0.444. The second-order valence-electron chi connectivity index (χ2n) is 8.17. The minimum atomic E-state index is 0.742. The molecule has 0 amide bonds. The number of nitrogens with zero attached hydrogens (tertiary/aromatic N) is 3. The normalized spacial score (nSPS) is 11.0.